The molecule has 2 heterocycles. The average Bonchev–Trinajstić information content (AvgIpc) is 3.02. The van der Waals surface area contributed by atoms with Gasteiger partial charge >= 0.3 is 5.97 Å². The van der Waals surface area contributed by atoms with Crippen LogP contribution in [0, 0.1) is 11.8 Å². The molecule has 5 nitrogen and oxygen atoms in total. The average molecular weight is 417 g/mol. The van der Waals surface area contributed by atoms with E-state index < -0.39 is 30.0 Å². The van der Waals surface area contributed by atoms with Crippen molar-refractivity contribution in [2.24, 2.45) is 11.8 Å². The van der Waals surface area contributed by atoms with Crippen molar-refractivity contribution < 1.29 is 19.4 Å². The Labute approximate surface area is 137 Å². The molecule has 0 aromatic heterocycles. The van der Waals surface area contributed by atoms with E-state index in [1.54, 1.807) is 24.3 Å². The number of halogens is 2. The number of aliphatic carboxylic acids is 1. The standard InChI is InChI=1S/C14H11Br2NO4/c15-6-1-2-8(7(16)5-6)17-13(18)11-9-3-4-10(21-9)12(11)14(19)20/h1-5,9-12H,(H,17,18)(H,19,20)/t9-,10-,11-,12-/m0/s1. The van der Waals surface area contributed by atoms with Crippen molar-refractivity contribution in [3.8, 4) is 0 Å². The van der Waals surface area contributed by atoms with Gasteiger partial charge in [0.1, 0.15) is 5.92 Å². The molecule has 2 aliphatic rings. The first-order chi connectivity index (χ1) is 9.97. The molecule has 2 bridgehead atoms. The molecule has 0 radical (unpaired) electrons. The quantitative estimate of drug-likeness (QED) is 0.743. The number of carboxylic acid groups (broad SMARTS) is 1. The van der Waals surface area contributed by atoms with Gasteiger partial charge in [-0.3, -0.25) is 9.59 Å². The zero-order valence-corrected chi connectivity index (χ0v) is 13.8. The van der Waals surface area contributed by atoms with E-state index in [-0.39, 0.29) is 5.91 Å². The van der Waals surface area contributed by atoms with Gasteiger partial charge in [-0.1, -0.05) is 28.1 Å². The Kier molecular flexibility index (Phi) is 3.90. The van der Waals surface area contributed by atoms with Crippen molar-refractivity contribution in [2.45, 2.75) is 12.2 Å². The Hall–Kier alpha value is -1.18. The normalized spacial score (nSPS) is 29.6. The summed E-state index contributed by atoms with van der Waals surface area (Å²) in [5.41, 5.74) is 0.596. The van der Waals surface area contributed by atoms with Gasteiger partial charge in [-0.15, -0.1) is 0 Å². The summed E-state index contributed by atoms with van der Waals surface area (Å²) in [7, 11) is 0. The van der Waals surface area contributed by atoms with Crippen molar-refractivity contribution in [2.75, 3.05) is 5.32 Å². The van der Waals surface area contributed by atoms with Crippen LogP contribution in [0.25, 0.3) is 0 Å². The van der Waals surface area contributed by atoms with Crippen molar-refractivity contribution in [1.82, 2.24) is 0 Å². The first-order valence-corrected chi connectivity index (χ1v) is 7.88. The molecule has 1 fully saturated rings. The minimum absolute atomic E-state index is 0.345. The van der Waals surface area contributed by atoms with Gasteiger partial charge in [0.25, 0.3) is 0 Å². The number of ether oxygens (including phenoxy) is 1. The van der Waals surface area contributed by atoms with E-state index in [9.17, 15) is 14.7 Å². The first-order valence-electron chi connectivity index (χ1n) is 6.30. The van der Waals surface area contributed by atoms with Crippen molar-refractivity contribution in [3.63, 3.8) is 0 Å². The smallest absolute Gasteiger partial charge is 0.310 e. The maximum atomic E-state index is 12.4. The lowest BCUT2D eigenvalue weighted by molar-refractivity contribution is -0.145. The Morgan fingerprint density at radius 3 is 2.43 bits per heavy atom. The van der Waals surface area contributed by atoms with E-state index >= 15 is 0 Å². The van der Waals surface area contributed by atoms with E-state index in [2.05, 4.69) is 37.2 Å². The number of fused-ring (bicyclic) bond motifs is 2. The summed E-state index contributed by atoms with van der Waals surface area (Å²) in [5, 5.41) is 12.1. The van der Waals surface area contributed by atoms with Crippen molar-refractivity contribution in [3.05, 3.63) is 39.3 Å². The second kappa shape index (κ2) is 5.55. The highest BCUT2D eigenvalue weighted by atomic mass is 79.9. The van der Waals surface area contributed by atoms with Gasteiger partial charge < -0.3 is 15.2 Å². The molecule has 21 heavy (non-hydrogen) atoms. The number of carbonyl (C=O) groups is 2. The number of rotatable bonds is 3. The predicted molar refractivity (Wildman–Crippen MR) is 82.9 cm³/mol. The highest BCUT2D eigenvalue weighted by Crippen LogP contribution is 2.40. The van der Waals surface area contributed by atoms with Crippen LogP contribution in [-0.2, 0) is 14.3 Å². The highest BCUT2D eigenvalue weighted by molar-refractivity contribution is 9.11. The third kappa shape index (κ3) is 2.65. The summed E-state index contributed by atoms with van der Waals surface area (Å²) >= 11 is 6.70. The molecule has 1 amide bonds. The van der Waals surface area contributed by atoms with Gasteiger partial charge in [-0.05, 0) is 34.1 Å². The monoisotopic (exact) mass is 415 g/mol. The molecule has 1 aromatic rings. The third-order valence-corrected chi connectivity index (χ3v) is 4.83. The molecular weight excluding hydrogens is 406 g/mol. The fourth-order valence-electron chi connectivity index (χ4n) is 2.72. The Morgan fingerprint density at radius 2 is 1.81 bits per heavy atom. The molecule has 0 aliphatic carbocycles. The molecular formula is C14H11Br2NO4. The van der Waals surface area contributed by atoms with Crippen molar-refractivity contribution in [1.29, 1.82) is 0 Å². The van der Waals surface area contributed by atoms with E-state index in [4.69, 9.17) is 4.74 Å². The van der Waals surface area contributed by atoms with E-state index in [1.807, 2.05) is 6.07 Å². The Balaban J connectivity index is 1.82. The predicted octanol–water partition coefficient (Wildman–Crippen LogP) is 2.80. The van der Waals surface area contributed by atoms with E-state index in [1.165, 1.54) is 0 Å². The van der Waals surface area contributed by atoms with Crippen LogP contribution in [0.2, 0.25) is 0 Å². The first kappa shape index (κ1) is 14.7. The van der Waals surface area contributed by atoms with Crippen LogP contribution in [0.3, 0.4) is 0 Å². The molecule has 4 atom stereocenters. The zero-order chi connectivity index (χ0) is 15.1. The Bertz CT molecular complexity index is 646. The lowest BCUT2D eigenvalue weighted by Gasteiger charge is -2.21. The number of benzene rings is 1. The maximum Gasteiger partial charge on any atom is 0.310 e. The van der Waals surface area contributed by atoms with Gasteiger partial charge in [0, 0.05) is 8.95 Å². The summed E-state index contributed by atoms with van der Waals surface area (Å²) in [6.45, 7) is 0. The van der Waals surface area contributed by atoms with Crippen LogP contribution < -0.4 is 5.32 Å². The third-order valence-electron chi connectivity index (χ3n) is 3.68. The number of anilines is 1. The van der Waals surface area contributed by atoms with Crippen LogP contribution in [0.1, 0.15) is 0 Å². The maximum absolute atomic E-state index is 12.4. The number of amides is 1. The molecule has 2 N–H and O–H groups in total. The second-order valence-corrected chi connectivity index (χ2v) is 6.72. The van der Waals surface area contributed by atoms with Crippen LogP contribution in [-0.4, -0.2) is 29.2 Å². The molecule has 0 spiro atoms. The number of nitrogens with one attached hydrogen (secondary N) is 1. The van der Waals surface area contributed by atoms with Gasteiger partial charge in [0.2, 0.25) is 5.91 Å². The zero-order valence-electron chi connectivity index (χ0n) is 10.6. The summed E-state index contributed by atoms with van der Waals surface area (Å²) in [4.78, 5) is 23.8. The lowest BCUT2D eigenvalue weighted by Crippen LogP contribution is -2.39. The molecule has 2 aliphatic heterocycles. The lowest BCUT2D eigenvalue weighted by atomic mass is 9.82. The largest absolute Gasteiger partial charge is 0.481 e. The van der Waals surface area contributed by atoms with Crippen LogP contribution in [0.15, 0.2) is 39.3 Å². The van der Waals surface area contributed by atoms with Crippen LogP contribution in [0.4, 0.5) is 5.69 Å². The minimum atomic E-state index is -1.01. The topological polar surface area (TPSA) is 75.6 Å². The van der Waals surface area contributed by atoms with Gasteiger partial charge in [0.15, 0.2) is 0 Å². The molecule has 110 valence electrons. The summed E-state index contributed by atoms with van der Waals surface area (Å²) < 4.78 is 7.09. The number of carboxylic acids is 1. The molecule has 3 rings (SSSR count). The SMILES string of the molecule is O=C(O)[C@@H]1[C@@H](C(=O)Nc2ccc(Br)cc2Br)[C@@H]2C=C[C@@H]1O2. The van der Waals surface area contributed by atoms with E-state index in [0.717, 1.165) is 8.95 Å². The van der Waals surface area contributed by atoms with Crippen LogP contribution >= 0.6 is 31.9 Å². The van der Waals surface area contributed by atoms with Crippen molar-refractivity contribution >= 4 is 49.4 Å². The molecule has 1 saturated heterocycles. The number of hydrogen-bond donors (Lipinski definition) is 2. The van der Waals surface area contributed by atoms with Gasteiger partial charge in [-0.25, -0.2) is 0 Å². The molecule has 0 unspecified atom stereocenters. The Morgan fingerprint density at radius 1 is 1.14 bits per heavy atom. The summed E-state index contributed by atoms with van der Waals surface area (Å²) in [6.07, 6.45) is 2.48. The highest BCUT2D eigenvalue weighted by Gasteiger charge is 2.53. The van der Waals surface area contributed by atoms with Gasteiger partial charge in [-0.2, -0.15) is 0 Å². The molecule has 0 saturated carbocycles. The minimum Gasteiger partial charge on any atom is -0.481 e. The van der Waals surface area contributed by atoms with E-state index in [0.29, 0.717) is 5.69 Å². The fraction of sp³-hybridized carbons (Fsp3) is 0.286. The fourth-order valence-corrected chi connectivity index (χ4v) is 3.87. The summed E-state index contributed by atoms with van der Waals surface area (Å²) in [6, 6.07) is 5.35. The summed E-state index contributed by atoms with van der Waals surface area (Å²) in [5.74, 6) is -2.91. The number of carbonyl (C=O) groups excluding carboxylic acids is 1. The number of hydrogen-bond acceptors (Lipinski definition) is 3. The van der Waals surface area contributed by atoms with Gasteiger partial charge in [0.05, 0.1) is 23.8 Å². The van der Waals surface area contributed by atoms with Crippen LogP contribution in [0.5, 0.6) is 0 Å². The molecule has 7 heteroatoms. The molecule has 1 aromatic carbocycles. The second-order valence-electron chi connectivity index (χ2n) is 4.95.